The first-order valence-electron chi connectivity index (χ1n) is 5.30. The maximum absolute atomic E-state index is 11.2. The van der Waals surface area contributed by atoms with E-state index in [1.54, 1.807) is 0 Å². The van der Waals surface area contributed by atoms with Crippen LogP contribution in [0.2, 0.25) is 0 Å². The number of aromatic nitrogens is 2. The third kappa shape index (κ3) is 4.32. The highest BCUT2D eigenvalue weighted by atomic mass is 79.9. The minimum Gasteiger partial charge on any atom is -0.381 e. The molecular formula is C10H16BrN3O2. The SMILES string of the molecule is CCCOCCCNc1nc[nH]c(=O)c1Br. The van der Waals surface area contributed by atoms with Crippen LogP contribution in [-0.2, 0) is 4.74 Å². The predicted molar refractivity (Wildman–Crippen MR) is 66.8 cm³/mol. The lowest BCUT2D eigenvalue weighted by atomic mass is 10.4. The summed E-state index contributed by atoms with van der Waals surface area (Å²) in [6.45, 7) is 4.34. The first-order chi connectivity index (χ1) is 7.75. The van der Waals surface area contributed by atoms with Crippen molar-refractivity contribution in [2.45, 2.75) is 19.8 Å². The van der Waals surface area contributed by atoms with Gasteiger partial charge in [0.15, 0.2) is 0 Å². The number of nitrogens with one attached hydrogen (secondary N) is 2. The van der Waals surface area contributed by atoms with E-state index in [-0.39, 0.29) is 5.56 Å². The molecule has 2 N–H and O–H groups in total. The molecule has 0 aliphatic heterocycles. The van der Waals surface area contributed by atoms with Crippen molar-refractivity contribution in [2.75, 3.05) is 25.1 Å². The van der Waals surface area contributed by atoms with Crippen LogP contribution in [0.25, 0.3) is 0 Å². The fraction of sp³-hybridized carbons (Fsp3) is 0.600. The molecule has 6 heteroatoms. The summed E-state index contributed by atoms with van der Waals surface area (Å²) in [6.07, 6.45) is 3.30. The molecule has 0 saturated heterocycles. The maximum Gasteiger partial charge on any atom is 0.267 e. The number of halogens is 1. The molecule has 5 nitrogen and oxygen atoms in total. The normalized spacial score (nSPS) is 10.4. The van der Waals surface area contributed by atoms with Crippen molar-refractivity contribution in [3.05, 3.63) is 21.2 Å². The van der Waals surface area contributed by atoms with Gasteiger partial charge in [0.2, 0.25) is 0 Å². The van der Waals surface area contributed by atoms with Crippen molar-refractivity contribution in [1.82, 2.24) is 9.97 Å². The van der Waals surface area contributed by atoms with Crippen molar-refractivity contribution in [1.29, 1.82) is 0 Å². The minimum absolute atomic E-state index is 0.181. The third-order valence-corrected chi connectivity index (χ3v) is 2.64. The molecule has 0 amide bonds. The van der Waals surface area contributed by atoms with Crippen molar-refractivity contribution in [3.63, 3.8) is 0 Å². The standard InChI is InChI=1S/C10H16BrN3O2/c1-2-5-16-6-3-4-12-9-8(11)10(15)14-7-13-9/h7H,2-6H2,1H3,(H2,12,13,14,15). The molecular weight excluding hydrogens is 274 g/mol. The molecule has 0 atom stereocenters. The van der Waals surface area contributed by atoms with E-state index in [4.69, 9.17) is 4.74 Å². The molecule has 0 bridgehead atoms. The van der Waals surface area contributed by atoms with Crippen LogP contribution >= 0.6 is 15.9 Å². The Balaban J connectivity index is 2.27. The van der Waals surface area contributed by atoms with E-state index >= 15 is 0 Å². The smallest absolute Gasteiger partial charge is 0.267 e. The van der Waals surface area contributed by atoms with E-state index in [2.05, 4.69) is 38.1 Å². The summed E-state index contributed by atoms with van der Waals surface area (Å²) < 4.78 is 5.77. The molecule has 1 heterocycles. The number of anilines is 1. The molecule has 0 radical (unpaired) electrons. The number of rotatable bonds is 7. The zero-order valence-electron chi connectivity index (χ0n) is 9.25. The Kier molecular flexibility index (Phi) is 6.10. The molecule has 0 spiro atoms. The Morgan fingerprint density at radius 1 is 1.56 bits per heavy atom. The lowest BCUT2D eigenvalue weighted by Crippen LogP contribution is -2.13. The number of ether oxygens (including phenoxy) is 1. The van der Waals surface area contributed by atoms with Gasteiger partial charge in [-0.3, -0.25) is 4.79 Å². The molecule has 1 aromatic rings. The van der Waals surface area contributed by atoms with E-state index in [0.29, 0.717) is 10.3 Å². The van der Waals surface area contributed by atoms with Gasteiger partial charge in [0.05, 0.1) is 6.33 Å². The number of nitrogens with zero attached hydrogens (tertiary/aromatic N) is 1. The average Bonchev–Trinajstić information content (AvgIpc) is 2.29. The maximum atomic E-state index is 11.2. The summed E-state index contributed by atoms with van der Waals surface area (Å²) in [5.41, 5.74) is -0.181. The van der Waals surface area contributed by atoms with Gasteiger partial charge in [0, 0.05) is 19.8 Å². The van der Waals surface area contributed by atoms with Gasteiger partial charge in [-0.15, -0.1) is 0 Å². The van der Waals surface area contributed by atoms with Crippen LogP contribution in [0.5, 0.6) is 0 Å². The summed E-state index contributed by atoms with van der Waals surface area (Å²) in [7, 11) is 0. The van der Waals surface area contributed by atoms with Gasteiger partial charge < -0.3 is 15.0 Å². The Morgan fingerprint density at radius 2 is 2.38 bits per heavy atom. The Hall–Kier alpha value is -0.880. The van der Waals surface area contributed by atoms with Crippen LogP contribution in [0.15, 0.2) is 15.6 Å². The van der Waals surface area contributed by atoms with E-state index in [0.717, 1.165) is 32.6 Å². The van der Waals surface area contributed by atoms with Gasteiger partial charge in [-0.25, -0.2) is 4.98 Å². The summed E-state index contributed by atoms with van der Waals surface area (Å²) in [5, 5.41) is 3.07. The average molecular weight is 290 g/mol. The Labute approximate surface area is 103 Å². The van der Waals surface area contributed by atoms with Crippen LogP contribution in [0, 0.1) is 0 Å². The number of aromatic amines is 1. The van der Waals surface area contributed by atoms with Gasteiger partial charge in [0.1, 0.15) is 10.3 Å². The van der Waals surface area contributed by atoms with E-state index in [1.807, 2.05) is 0 Å². The van der Waals surface area contributed by atoms with Gasteiger partial charge in [-0.05, 0) is 28.8 Å². The molecule has 0 unspecified atom stereocenters. The van der Waals surface area contributed by atoms with Crippen LogP contribution in [0.4, 0.5) is 5.82 Å². The van der Waals surface area contributed by atoms with Crippen LogP contribution in [0.3, 0.4) is 0 Å². The van der Waals surface area contributed by atoms with Gasteiger partial charge in [-0.2, -0.15) is 0 Å². The monoisotopic (exact) mass is 289 g/mol. The van der Waals surface area contributed by atoms with Gasteiger partial charge in [0.25, 0.3) is 5.56 Å². The van der Waals surface area contributed by atoms with E-state index in [1.165, 1.54) is 6.33 Å². The number of hydrogen-bond acceptors (Lipinski definition) is 4. The minimum atomic E-state index is -0.181. The van der Waals surface area contributed by atoms with Crippen LogP contribution < -0.4 is 10.9 Å². The lowest BCUT2D eigenvalue weighted by Gasteiger charge is -2.06. The van der Waals surface area contributed by atoms with Crippen molar-refractivity contribution in [3.8, 4) is 0 Å². The molecule has 0 aromatic carbocycles. The summed E-state index contributed by atoms with van der Waals surface area (Å²) >= 11 is 3.17. The first-order valence-corrected chi connectivity index (χ1v) is 6.09. The molecule has 1 rings (SSSR count). The lowest BCUT2D eigenvalue weighted by molar-refractivity contribution is 0.134. The summed E-state index contributed by atoms with van der Waals surface area (Å²) in [4.78, 5) is 17.7. The van der Waals surface area contributed by atoms with Gasteiger partial charge in [-0.1, -0.05) is 6.92 Å². The first kappa shape index (κ1) is 13.2. The molecule has 0 aliphatic rings. The van der Waals surface area contributed by atoms with E-state index < -0.39 is 0 Å². The number of H-pyrrole nitrogens is 1. The molecule has 0 saturated carbocycles. The fourth-order valence-electron chi connectivity index (χ4n) is 1.13. The highest BCUT2D eigenvalue weighted by molar-refractivity contribution is 9.10. The highest BCUT2D eigenvalue weighted by Crippen LogP contribution is 2.12. The van der Waals surface area contributed by atoms with Gasteiger partial charge >= 0.3 is 0 Å². The van der Waals surface area contributed by atoms with Crippen molar-refractivity contribution in [2.24, 2.45) is 0 Å². The van der Waals surface area contributed by atoms with Crippen LogP contribution in [-0.4, -0.2) is 29.7 Å². The quantitative estimate of drug-likeness (QED) is 0.751. The predicted octanol–water partition coefficient (Wildman–Crippen LogP) is 1.76. The second-order valence-corrected chi connectivity index (χ2v) is 4.08. The molecule has 16 heavy (non-hydrogen) atoms. The molecule has 1 aromatic heterocycles. The summed E-state index contributed by atoms with van der Waals surface area (Å²) in [6, 6.07) is 0. The fourth-order valence-corrected chi connectivity index (χ4v) is 1.49. The zero-order valence-corrected chi connectivity index (χ0v) is 10.8. The molecule has 90 valence electrons. The third-order valence-electron chi connectivity index (χ3n) is 1.90. The molecule has 0 fully saturated rings. The van der Waals surface area contributed by atoms with Crippen molar-refractivity contribution < 1.29 is 4.74 Å². The Morgan fingerprint density at radius 3 is 3.12 bits per heavy atom. The largest absolute Gasteiger partial charge is 0.381 e. The van der Waals surface area contributed by atoms with Crippen molar-refractivity contribution >= 4 is 21.7 Å². The Bertz CT molecular complexity index is 367. The van der Waals surface area contributed by atoms with Crippen LogP contribution in [0.1, 0.15) is 19.8 Å². The second-order valence-electron chi connectivity index (χ2n) is 3.29. The molecule has 0 aliphatic carbocycles. The highest BCUT2D eigenvalue weighted by Gasteiger charge is 2.03. The summed E-state index contributed by atoms with van der Waals surface area (Å²) in [5.74, 6) is 0.569. The zero-order chi connectivity index (χ0) is 11.8. The topological polar surface area (TPSA) is 67.0 Å². The second kappa shape index (κ2) is 7.40. The number of hydrogen-bond donors (Lipinski definition) is 2. The van der Waals surface area contributed by atoms with E-state index in [9.17, 15) is 4.79 Å².